The molecule has 0 aliphatic carbocycles. The van der Waals surface area contributed by atoms with Gasteiger partial charge in [-0.2, -0.15) is 13.2 Å². The highest BCUT2D eigenvalue weighted by atomic mass is 35.5. The maximum absolute atomic E-state index is 12.8. The molecular formula is C13H12ClF3N2O. The molecule has 0 bridgehead atoms. The van der Waals surface area contributed by atoms with Gasteiger partial charge in [0.25, 0.3) is 0 Å². The molecule has 0 fully saturated rings. The van der Waals surface area contributed by atoms with Crippen LogP contribution in [0.25, 0.3) is 0 Å². The lowest BCUT2D eigenvalue weighted by atomic mass is 10.2. The SMILES string of the molecule is CCN(Cc1ccco1)c1cc(C(F)(F)F)cc(Cl)n1. The fraction of sp³-hybridized carbons (Fsp3) is 0.308. The van der Waals surface area contributed by atoms with Gasteiger partial charge in [-0.25, -0.2) is 4.98 Å². The zero-order valence-electron chi connectivity index (χ0n) is 10.6. The normalized spacial score (nSPS) is 11.7. The van der Waals surface area contributed by atoms with E-state index in [0.717, 1.165) is 12.1 Å². The quantitative estimate of drug-likeness (QED) is 0.785. The van der Waals surface area contributed by atoms with E-state index in [0.29, 0.717) is 18.8 Å². The van der Waals surface area contributed by atoms with Gasteiger partial charge >= 0.3 is 6.18 Å². The predicted octanol–water partition coefficient (Wildman–Crippen LogP) is 4.37. The summed E-state index contributed by atoms with van der Waals surface area (Å²) >= 11 is 5.68. The zero-order chi connectivity index (χ0) is 14.8. The van der Waals surface area contributed by atoms with Crippen LogP contribution >= 0.6 is 11.6 Å². The average molecular weight is 305 g/mol. The molecule has 0 spiro atoms. The lowest BCUT2D eigenvalue weighted by molar-refractivity contribution is -0.137. The van der Waals surface area contributed by atoms with E-state index in [1.165, 1.54) is 6.26 Å². The molecule has 2 aromatic heterocycles. The molecule has 0 unspecified atom stereocenters. The van der Waals surface area contributed by atoms with Gasteiger partial charge in [-0.15, -0.1) is 0 Å². The summed E-state index contributed by atoms with van der Waals surface area (Å²) in [5, 5.41) is -0.187. The standard InChI is InChI=1S/C13H12ClF3N2O/c1-2-19(8-10-4-3-5-20-10)12-7-9(13(15,16)17)6-11(14)18-12/h3-7H,2,8H2,1H3. The van der Waals surface area contributed by atoms with Crippen molar-refractivity contribution in [2.24, 2.45) is 0 Å². The van der Waals surface area contributed by atoms with Crippen LogP contribution in [0.15, 0.2) is 34.9 Å². The summed E-state index contributed by atoms with van der Waals surface area (Å²) in [7, 11) is 0. The van der Waals surface area contributed by atoms with Crippen LogP contribution in [-0.2, 0) is 12.7 Å². The second kappa shape index (κ2) is 5.75. The second-order valence-electron chi connectivity index (χ2n) is 4.13. The third kappa shape index (κ3) is 3.45. The molecule has 0 aliphatic heterocycles. The number of rotatable bonds is 4. The maximum Gasteiger partial charge on any atom is 0.416 e. The third-order valence-corrected chi connectivity index (χ3v) is 2.93. The minimum Gasteiger partial charge on any atom is -0.467 e. The van der Waals surface area contributed by atoms with E-state index < -0.39 is 11.7 Å². The van der Waals surface area contributed by atoms with Crippen molar-refractivity contribution in [2.45, 2.75) is 19.6 Å². The molecule has 0 saturated carbocycles. The molecule has 0 saturated heterocycles. The fourth-order valence-corrected chi connectivity index (χ4v) is 1.96. The van der Waals surface area contributed by atoms with Gasteiger partial charge in [0, 0.05) is 6.54 Å². The molecule has 0 atom stereocenters. The van der Waals surface area contributed by atoms with E-state index >= 15 is 0 Å². The van der Waals surface area contributed by atoms with Crippen LogP contribution in [0.2, 0.25) is 5.15 Å². The number of furan rings is 1. The van der Waals surface area contributed by atoms with Crippen molar-refractivity contribution in [3.8, 4) is 0 Å². The molecule has 3 nitrogen and oxygen atoms in total. The van der Waals surface area contributed by atoms with Crippen molar-refractivity contribution in [3.63, 3.8) is 0 Å². The summed E-state index contributed by atoms with van der Waals surface area (Å²) in [6.07, 6.45) is -2.94. The summed E-state index contributed by atoms with van der Waals surface area (Å²) in [5.41, 5.74) is -0.814. The second-order valence-corrected chi connectivity index (χ2v) is 4.52. The first-order chi connectivity index (χ1) is 9.40. The van der Waals surface area contributed by atoms with Gasteiger partial charge in [-0.3, -0.25) is 0 Å². The van der Waals surface area contributed by atoms with Gasteiger partial charge in [0.1, 0.15) is 16.7 Å². The zero-order valence-corrected chi connectivity index (χ0v) is 11.4. The number of anilines is 1. The van der Waals surface area contributed by atoms with Crippen LogP contribution < -0.4 is 4.90 Å². The Kier molecular flexibility index (Phi) is 4.23. The molecule has 2 aromatic rings. The summed E-state index contributed by atoms with van der Waals surface area (Å²) in [5.74, 6) is 0.811. The predicted molar refractivity (Wildman–Crippen MR) is 69.7 cm³/mol. The van der Waals surface area contributed by atoms with E-state index in [9.17, 15) is 13.2 Å². The first-order valence-corrected chi connectivity index (χ1v) is 6.30. The summed E-state index contributed by atoms with van der Waals surface area (Å²) < 4.78 is 43.5. The third-order valence-electron chi connectivity index (χ3n) is 2.74. The lowest BCUT2D eigenvalue weighted by Gasteiger charge is -2.22. The van der Waals surface area contributed by atoms with Gasteiger partial charge < -0.3 is 9.32 Å². The van der Waals surface area contributed by atoms with E-state index in [4.69, 9.17) is 16.0 Å². The summed E-state index contributed by atoms with van der Waals surface area (Å²) in [4.78, 5) is 5.60. The highest BCUT2D eigenvalue weighted by Gasteiger charge is 2.32. The first kappa shape index (κ1) is 14.7. The van der Waals surface area contributed by atoms with Gasteiger partial charge in [-0.05, 0) is 31.2 Å². The molecule has 0 aliphatic rings. The van der Waals surface area contributed by atoms with Gasteiger partial charge in [0.2, 0.25) is 0 Å². The molecule has 0 N–H and O–H groups in total. The topological polar surface area (TPSA) is 29.3 Å². The van der Waals surface area contributed by atoms with Crippen molar-refractivity contribution in [2.75, 3.05) is 11.4 Å². The Morgan fingerprint density at radius 3 is 2.65 bits per heavy atom. The molecule has 2 rings (SSSR count). The van der Waals surface area contributed by atoms with E-state index in [1.54, 1.807) is 17.0 Å². The Labute approximate surface area is 119 Å². The highest BCUT2D eigenvalue weighted by molar-refractivity contribution is 6.29. The van der Waals surface area contributed by atoms with Crippen LogP contribution in [0.4, 0.5) is 19.0 Å². The Balaban J connectivity index is 2.32. The summed E-state index contributed by atoms with van der Waals surface area (Å²) in [6, 6.07) is 5.26. The van der Waals surface area contributed by atoms with Crippen LogP contribution in [0.3, 0.4) is 0 Å². The number of aromatic nitrogens is 1. The molecule has 0 radical (unpaired) electrons. The van der Waals surface area contributed by atoms with Gasteiger partial charge in [0.15, 0.2) is 0 Å². The molecule has 108 valence electrons. The Morgan fingerprint density at radius 1 is 1.35 bits per heavy atom. The Bertz CT molecular complexity index is 569. The molecule has 0 amide bonds. The minimum atomic E-state index is -4.45. The Hall–Kier alpha value is -1.69. The van der Waals surface area contributed by atoms with E-state index in [1.807, 2.05) is 6.92 Å². The Morgan fingerprint density at radius 2 is 2.10 bits per heavy atom. The summed E-state index contributed by atoms with van der Waals surface area (Å²) in [6.45, 7) is 2.62. The molecular weight excluding hydrogens is 293 g/mol. The van der Waals surface area contributed by atoms with Crippen LogP contribution in [0.1, 0.15) is 18.2 Å². The highest BCUT2D eigenvalue weighted by Crippen LogP contribution is 2.33. The molecule has 20 heavy (non-hydrogen) atoms. The number of nitrogens with zero attached hydrogens (tertiary/aromatic N) is 2. The van der Waals surface area contributed by atoms with Gasteiger partial charge in [0.05, 0.1) is 18.4 Å². The van der Waals surface area contributed by atoms with Crippen molar-refractivity contribution < 1.29 is 17.6 Å². The number of hydrogen-bond acceptors (Lipinski definition) is 3. The van der Waals surface area contributed by atoms with Crippen molar-refractivity contribution >= 4 is 17.4 Å². The van der Waals surface area contributed by atoms with E-state index in [-0.39, 0.29) is 11.0 Å². The molecule has 7 heteroatoms. The van der Waals surface area contributed by atoms with Crippen LogP contribution in [-0.4, -0.2) is 11.5 Å². The van der Waals surface area contributed by atoms with Gasteiger partial charge in [-0.1, -0.05) is 11.6 Å². The van der Waals surface area contributed by atoms with E-state index in [2.05, 4.69) is 4.98 Å². The number of alkyl halides is 3. The van der Waals surface area contributed by atoms with Crippen LogP contribution in [0.5, 0.6) is 0 Å². The number of pyridine rings is 1. The minimum absolute atomic E-state index is 0.170. The van der Waals surface area contributed by atoms with Crippen molar-refractivity contribution in [1.29, 1.82) is 0 Å². The number of hydrogen-bond donors (Lipinski definition) is 0. The monoisotopic (exact) mass is 304 g/mol. The smallest absolute Gasteiger partial charge is 0.416 e. The largest absolute Gasteiger partial charge is 0.467 e. The number of halogens is 4. The first-order valence-electron chi connectivity index (χ1n) is 5.92. The molecule has 2 heterocycles. The fourth-order valence-electron chi connectivity index (χ4n) is 1.75. The molecule has 0 aromatic carbocycles. The lowest BCUT2D eigenvalue weighted by Crippen LogP contribution is -2.23. The van der Waals surface area contributed by atoms with Crippen molar-refractivity contribution in [3.05, 3.63) is 47.0 Å². The average Bonchev–Trinajstić information content (AvgIpc) is 2.87. The maximum atomic E-state index is 12.8. The van der Waals surface area contributed by atoms with Crippen molar-refractivity contribution in [1.82, 2.24) is 4.98 Å². The van der Waals surface area contributed by atoms with Crippen LogP contribution in [0, 0.1) is 0 Å².